The number of nitrogens with zero attached hydrogens (tertiary/aromatic N) is 2. The number of hydrogen-bond donors (Lipinski definition) is 2. The molecule has 2 rings (SSSR count). The van der Waals surface area contributed by atoms with Crippen LogP contribution in [0.2, 0.25) is 0 Å². The summed E-state index contributed by atoms with van der Waals surface area (Å²) in [7, 11) is 1.63. The summed E-state index contributed by atoms with van der Waals surface area (Å²) >= 11 is 3.36. The first-order valence-corrected chi connectivity index (χ1v) is 10.3. The van der Waals surface area contributed by atoms with Gasteiger partial charge in [-0.1, -0.05) is 6.07 Å². The van der Waals surface area contributed by atoms with E-state index in [1.807, 2.05) is 6.07 Å². The smallest absolute Gasteiger partial charge is 0.306 e. The van der Waals surface area contributed by atoms with E-state index in [2.05, 4.69) is 20.9 Å². The predicted octanol–water partition coefficient (Wildman–Crippen LogP) is 2.34. The zero-order valence-corrected chi connectivity index (χ0v) is 19.2. The van der Waals surface area contributed by atoms with Gasteiger partial charge in [-0.25, -0.2) is 0 Å². The molecule has 0 bridgehead atoms. The minimum Gasteiger partial charge on any atom is -0.460 e. The first-order chi connectivity index (χ1) is 14.0. The van der Waals surface area contributed by atoms with Crippen molar-refractivity contribution in [2.75, 3.05) is 7.05 Å². The highest BCUT2D eigenvalue weighted by Crippen LogP contribution is 2.30. The normalized spacial score (nSPS) is 15.8. The number of allylic oxidation sites excluding steroid dienone is 1. The van der Waals surface area contributed by atoms with Gasteiger partial charge >= 0.3 is 5.97 Å². The molecular weight excluding hydrogens is 452 g/mol. The molecule has 30 heavy (non-hydrogen) atoms. The van der Waals surface area contributed by atoms with E-state index < -0.39 is 23.5 Å². The topological polar surface area (TPSA) is 128 Å². The number of aliphatic imine (C=N–C) groups is 1. The van der Waals surface area contributed by atoms with Crippen LogP contribution in [-0.2, 0) is 20.9 Å². The third-order valence-electron chi connectivity index (χ3n) is 4.58. The van der Waals surface area contributed by atoms with Gasteiger partial charge in [0, 0.05) is 37.3 Å². The van der Waals surface area contributed by atoms with Crippen molar-refractivity contribution in [1.29, 1.82) is 0 Å². The van der Waals surface area contributed by atoms with Crippen LogP contribution < -0.4 is 11.5 Å². The van der Waals surface area contributed by atoms with Gasteiger partial charge in [-0.2, -0.15) is 0 Å². The zero-order chi connectivity index (χ0) is 22.6. The Hall–Kier alpha value is -2.68. The molecule has 0 aromatic heterocycles. The number of halogens is 1. The van der Waals surface area contributed by atoms with Gasteiger partial charge in [-0.15, -0.1) is 0 Å². The van der Waals surface area contributed by atoms with Gasteiger partial charge in [0.15, 0.2) is 0 Å². The van der Waals surface area contributed by atoms with Crippen molar-refractivity contribution >= 4 is 43.9 Å². The summed E-state index contributed by atoms with van der Waals surface area (Å²) in [5.41, 5.74) is 13.4. The average Bonchev–Trinajstić information content (AvgIpc) is 2.96. The van der Waals surface area contributed by atoms with Crippen molar-refractivity contribution in [2.24, 2.45) is 16.5 Å². The number of fused-ring (bicyclic) bond motifs is 1. The lowest BCUT2D eigenvalue weighted by Gasteiger charge is -2.25. The highest BCUT2D eigenvalue weighted by Gasteiger charge is 2.36. The van der Waals surface area contributed by atoms with Gasteiger partial charge in [-0.3, -0.25) is 19.4 Å². The molecule has 4 N–H and O–H groups in total. The molecular formula is C21H27BrN4O4. The number of ether oxygens (including phenoxy) is 1. The Morgan fingerprint density at radius 1 is 1.37 bits per heavy atom. The second-order valence-corrected chi connectivity index (χ2v) is 8.69. The lowest BCUT2D eigenvalue weighted by Crippen LogP contribution is -2.45. The summed E-state index contributed by atoms with van der Waals surface area (Å²) in [5, 5.41) is 0. The molecule has 0 saturated heterocycles. The SMILES string of the molecule is CN=C(Br)C(=CN)c1ccc2c(c1)CN(C(CCC(=O)OC(C)(C)C)C(N)=O)C2=O. The number of carbonyl (C=O) groups excluding carboxylic acids is 3. The van der Waals surface area contributed by atoms with Crippen LogP contribution in [0.5, 0.6) is 0 Å². The molecule has 1 aliphatic heterocycles. The maximum atomic E-state index is 12.9. The van der Waals surface area contributed by atoms with Crippen LogP contribution in [0.4, 0.5) is 0 Å². The quantitative estimate of drug-likeness (QED) is 0.458. The summed E-state index contributed by atoms with van der Waals surface area (Å²) in [6, 6.07) is 4.39. The Kier molecular flexibility index (Phi) is 7.41. The Morgan fingerprint density at radius 3 is 2.57 bits per heavy atom. The van der Waals surface area contributed by atoms with Gasteiger partial charge in [0.05, 0.1) is 0 Å². The van der Waals surface area contributed by atoms with E-state index in [4.69, 9.17) is 16.2 Å². The lowest BCUT2D eigenvalue weighted by molar-refractivity contribution is -0.155. The molecule has 162 valence electrons. The van der Waals surface area contributed by atoms with Crippen molar-refractivity contribution < 1.29 is 19.1 Å². The van der Waals surface area contributed by atoms with E-state index in [-0.39, 0.29) is 25.3 Å². The summed E-state index contributed by atoms with van der Waals surface area (Å²) in [4.78, 5) is 42.5. The molecule has 0 saturated carbocycles. The maximum absolute atomic E-state index is 12.9. The van der Waals surface area contributed by atoms with E-state index in [1.165, 1.54) is 11.1 Å². The summed E-state index contributed by atoms with van der Waals surface area (Å²) in [6.45, 7) is 5.50. The van der Waals surface area contributed by atoms with Gasteiger partial charge in [0.2, 0.25) is 5.91 Å². The molecule has 0 aliphatic carbocycles. The molecule has 1 aromatic rings. The van der Waals surface area contributed by atoms with Crippen LogP contribution in [0.3, 0.4) is 0 Å². The number of hydrogen-bond acceptors (Lipinski definition) is 6. The van der Waals surface area contributed by atoms with Crippen molar-refractivity contribution in [3.8, 4) is 0 Å². The molecule has 8 nitrogen and oxygen atoms in total. The second kappa shape index (κ2) is 9.42. The summed E-state index contributed by atoms with van der Waals surface area (Å²) < 4.78 is 5.86. The highest BCUT2D eigenvalue weighted by molar-refractivity contribution is 9.18. The van der Waals surface area contributed by atoms with E-state index >= 15 is 0 Å². The van der Waals surface area contributed by atoms with Crippen molar-refractivity contribution in [3.63, 3.8) is 0 Å². The molecule has 1 aliphatic rings. The fourth-order valence-corrected chi connectivity index (χ4v) is 3.63. The molecule has 0 fully saturated rings. The van der Waals surface area contributed by atoms with Gasteiger partial charge in [-0.05, 0) is 66.4 Å². The largest absolute Gasteiger partial charge is 0.460 e. The Labute approximate surface area is 184 Å². The predicted molar refractivity (Wildman–Crippen MR) is 119 cm³/mol. The second-order valence-electron chi connectivity index (χ2n) is 7.94. The monoisotopic (exact) mass is 478 g/mol. The van der Waals surface area contributed by atoms with Crippen molar-refractivity contribution in [2.45, 2.75) is 51.8 Å². The van der Waals surface area contributed by atoms with Crippen LogP contribution in [0.25, 0.3) is 5.57 Å². The molecule has 1 atom stereocenters. The molecule has 1 heterocycles. The minimum atomic E-state index is -0.908. The van der Waals surface area contributed by atoms with E-state index in [0.717, 1.165) is 11.1 Å². The van der Waals surface area contributed by atoms with Crippen LogP contribution >= 0.6 is 15.9 Å². The van der Waals surface area contributed by atoms with Crippen molar-refractivity contribution in [1.82, 2.24) is 4.90 Å². The maximum Gasteiger partial charge on any atom is 0.306 e. The molecule has 1 unspecified atom stereocenters. The number of amides is 2. The van der Waals surface area contributed by atoms with Crippen LogP contribution in [0.1, 0.15) is 55.1 Å². The number of primary amides is 1. The van der Waals surface area contributed by atoms with Gasteiger partial charge in [0.1, 0.15) is 16.3 Å². The molecule has 1 aromatic carbocycles. The average molecular weight is 479 g/mol. The lowest BCUT2D eigenvalue weighted by atomic mass is 10.0. The summed E-state index contributed by atoms with van der Waals surface area (Å²) in [6.07, 6.45) is 1.51. The number of nitrogens with two attached hydrogens (primary N) is 2. The number of esters is 1. The standard InChI is InChI=1S/C21H27BrN4O4/c1-21(2,3)30-17(27)8-7-16(19(24)28)26-11-13-9-12(5-6-14(13)20(26)29)15(10-23)18(22)25-4/h5-6,9-10,16H,7-8,11,23H2,1-4H3,(H2,24,28). The van der Waals surface area contributed by atoms with E-state index in [0.29, 0.717) is 15.8 Å². The highest BCUT2D eigenvalue weighted by atomic mass is 79.9. The molecule has 9 heteroatoms. The van der Waals surface area contributed by atoms with Crippen LogP contribution in [0.15, 0.2) is 29.4 Å². The summed E-state index contributed by atoms with van der Waals surface area (Å²) in [5.74, 6) is -1.41. The minimum absolute atomic E-state index is 0.0176. The van der Waals surface area contributed by atoms with Gasteiger partial charge < -0.3 is 21.1 Å². The number of benzene rings is 1. The first-order valence-electron chi connectivity index (χ1n) is 9.48. The molecule has 2 amide bonds. The number of carbonyl (C=O) groups is 3. The van der Waals surface area contributed by atoms with Crippen molar-refractivity contribution in [3.05, 3.63) is 41.1 Å². The fraction of sp³-hybridized carbons (Fsp3) is 0.429. The zero-order valence-electron chi connectivity index (χ0n) is 17.6. The Bertz CT molecular complexity index is 918. The number of rotatable bonds is 7. The molecule has 0 spiro atoms. The van der Waals surface area contributed by atoms with Crippen LogP contribution in [-0.4, -0.2) is 46.0 Å². The third kappa shape index (κ3) is 5.47. The molecule has 0 radical (unpaired) electrons. The Balaban J connectivity index is 2.22. The first kappa shape index (κ1) is 23.6. The fourth-order valence-electron chi connectivity index (χ4n) is 3.27. The van der Waals surface area contributed by atoms with E-state index in [9.17, 15) is 14.4 Å². The third-order valence-corrected chi connectivity index (χ3v) is 5.36. The van der Waals surface area contributed by atoms with Gasteiger partial charge in [0.25, 0.3) is 5.91 Å². The van der Waals surface area contributed by atoms with E-state index in [1.54, 1.807) is 40.0 Å². The Morgan fingerprint density at radius 2 is 2.03 bits per heavy atom. The van der Waals surface area contributed by atoms with Crippen LogP contribution in [0, 0.1) is 0 Å².